The van der Waals surface area contributed by atoms with Gasteiger partial charge in [0.25, 0.3) is 0 Å². The Morgan fingerprint density at radius 3 is 2.31 bits per heavy atom. The Hall–Kier alpha value is -1.90. The summed E-state index contributed by atoms with van der Waals surface area (Å²) in [6.45, 7) is 2.01. The first kappa shape index (κ1) is 10.6. The van der Waals surface area contributed by atoms with Crippen LogP contribution >= 0.6 is 0 Å². The first-order chi connectivity index (χ1) is 7.76. The fourth-order valence-electron chi connectivity index (χ4n) is 1.68. The van der Waals surface area contributed by atoms with Crippen molar-refractivity contribution >= 4 is 0 Å². The molecule has 2 aromatic rings. The van der Waals surface area contributed by atoms with E-state index in [-0.39, 0.29) is 0 Å². The number of furan rings is 1. The average molecular weight is 218 g/mol. The van der Waals surface area contributed by atoms with E-state index in [0.29, 0.717) is 5.75 Å². The quantitative estimate of drug-likeness (QED) is 0.792. The number of benzene rings is 1. The predicted molar refractivity (Wildman–Crippen MR) is 62.0 cm³/mol. The Kier molecular flexibility index (Phi) is 2.86. The zero-order valence-corrected chi connectivity index (χ0v) is 9.61. The van der Waals surface area contributed by atoms with Gasteiger partial charge in [-0.2, -0.15) is 0 Å². The SMILES string of the molecule is COc1cc(C)c(-c2ccco2)cc1OC. The fourth-order valence-corrected chi connectivity index (χ4v) is 1.68. The second kappa shape index (κ2) is 4.31. The Bertz CT molecular complexity index is 472. The summed E-state index contributed by atoms with van der Waals surface area (Å²) < 4.78 is 15.9. The summed E-state index contributed by atoms with van der Waals surface area (Å²) in [5.41, 5.74) is 2.11. The van der Waals surface area contributed by atoms with Crippen LogP contribution in [-0.2, 0) is 0 Å². The van der Waals surface area contributed by atoms with Gasteiger partial charge in [-0.15, -0.1) is 0 Å². The summed E-state index contributed by atoms with van der Waals surface area (Å²) in [6.07, 6.45) is 1.66. The molecule has 1 aromatic heterocycles. The molecule has 0 aliphatic heterocycles. The van der Waals surface area contributed by atoms with Crippen molar-refractivity contribution in [3.8, 4) is 22.8 Å². The van der Waals surface area contributed by atoms with Crippen molar-refractivity contribution < 1.29 is 13.9 Å². The molecule has 16 heavy (non-hydrogen) atoms. The molecule has 3 nitrogen and oxygen atoms in total. The maximum Gasteiger partial charge on any atom is 0.161 e. The Morgan fingerprint density at radius 2 is 1.75 bits per heavy atom. The fraction of sp³-hybridized carbons (Fsp3) is 0.231. The summed E-state index contributed by atoms with van der Waals surface area (Å²) in [7, 11) is 3.25. The van der Waals surface area contributed by atoms with Gasteiger partial charge in [0.1, 0.15) is 5.76 Å². The molecule has 1 heterocycles. The highest BCUT2D eigenvalue weighted by Crippen LogP contribution is 2.35. The van der Waals surface area contributed by atoms with Crippen LogP contribution in [0.15, 0.2) is 34.9 Å². The number of ether oxygens (including phenoxy) is 2. The number of hydrogen-bond acceptors (Lipinski definition) is 3. The van der Waals surface area contributed by atoms with Gasteiger partial charge in [0.2, 0.25) is 0 Å². The van der Waals surface area contributed by atoms with E-state index in [0.717, 1.165) is 22.6 Å². The first-order valence-corrected chi connectivity index (χ1v) is 5.02. The molecular weight excluding hydrogens is 204 g/mol. The third-order valence-electron chi connectivity index (χ3n) is 2.52. The van der Waals surface area contributed by atoms with Gasteiger partial charge >= 0.3 is 0 Å². The van der Waals surface area contributed by atoms with Crippen LogP contribution in [0.5, 0.6) is 11.5 Å². The molecule has 0 saturated carbocycles. The number of aryl methyl sites for hydroxylation is 1. The molecule has 1 aromatic carbocycles. The van der Waals surface area contributed by atoms with Crippen LogP contribution in [-0.4, -0.2) is 14.2 Å². The van der Waals surface area contributed by atoms with E-state index in [4.69, 9.17) is 13.9 Å². The van der Waals surface area contributed by atoms with Crippen molar-refractivity contribution in [2.45, 2.75) is 6.92 Å². The molecule has 0 aliphatic rings. The molecule has 0 aliphatic carbocycles. The van der Waals surface area contributed by atoms with Crippen molar-refractivity contribution in [1.29, 1.82) is 0 Å². The lowest BCUT2D eigenvalue weighted by Gasteiger charge is -2.11. The Labute approximate surface area is 94.6 Å². The van der Waals surface area contributed by atoms with Crippen molar-refractivity contribution in [2.24, 2.45) is 0 Å². The summed E-state index contributed by atoms with van der Waals surface area (Å²) >= 11 is 0. The molecule has 2 rings (SSSR count). The van der Waals surface area contributed by atoms with Gasteiger partial charge in [0.05, 0.1) is 20.5 Å². The van der Waals surface area contributed by atoms with Crippen LogP contribution in [0.4, 0.5) is 0 Å². The number of rotatable bonds is 3. The van der Waals surface area contributed by atoms with Gasteiger partial charge in [0.15, 0.2) is 11.5 Å². The van der Waals surface area contributed by atoms with E-state index < -0.39 is 0 Å². The average Bonchev–Trinajstić information content (AvgIpc) is 2.82. The zero-order valence-electron chi connectivity index (χ0n) is 9.61. The summed E-state index contributed by atoms with van der Waals surface area (Å²) in [4.78, 5) is 0. The normalized spacial score (nSPS) is 10.2. The molecule has 84 valence electrons. The van der Waals surface area contributed by atoms with Gasteiger partial charge in [-0.25, -0.2) is 0 Å². The zero-order chi connectivity index (χ0) is 11.5. The van der Waals surface area contributed by atoms with Crippen LogP contribution in [0.3, 0.4) is 0 Å². The second-order valence-electron chi connectivity index (χ2n) is 3.50. The molecule has 0 atom stereocenters. The molecule has 0 amide bonds. The van der Waals surface area contributed by atoms with Crippen LogP contribution in [0, 0.1) is 6.92 Å². The Morgan fingerprint density at radius 1 is 1.06 bits per heavy atom. The van der Waals surface area contributed by atoms with Gasteiger partial charge < -0.3 is 13.9 Å². The molecule has 0 N–H and O–H groups in total. The van der Waals surface area contributed by atoms with E-state index in [9.17, 15) is 0 Å². The first-order valence-electron chi connectivity index (χ1n) is 5.02. The van der Waals surface area contributed by atoms with Crippen molar-refractivity contribution in [2.75, 3.05) is 14.2 Å². The lowest BCUT2D eigenvalue weighted by Crippen LogP contribution is -1.92. The Balaban J connectivity index is 2.55. The van der Waals surface area contributed by atoms with E-state index in [1.165, 1.54) is 0 Å². The van der Waals surface area contributed by atoms with Crippen LogP contribution in [0.2, 0.25) is 0 Å². The minimum absolute atomic E-state index is 0.708. The molecule has 0 bridgehead atoms. The van der Waals surface area contributed by atoms with Crippen molar-refractivity contribution in [3.63, 3.8) is 0 Å². The van der Waals surface area contributed by atoms with Crippen LogP contribution in [0.25, 0.3) is 11.3 Å². The highest BCUT2D eigenvalue weighted by Gasteiger charge is 2.11. The molecule has 0 unspecified atom stereocenters. The third kappa shape index (κ3) is 1.76. The number of methoxy groups -OCH3 is 2. The van der Waals surface area contributed by atoms with Crippen molar-refractivity contribution in [3.05, 3.63) is 36.1 Å². The second-order valence-corrected chi connectivity index (χ2v) is 3.50. The minimum atomic E-state index is 0.708. The lowest BCUT2D eigenvalue weighted by molar-refractivity contribution is 0.355. The monoisotopic (exact) mass is 218 g/mol. The van der Waals surface area contributed by atoms with Gasteiger partial charge in [-0.3, -0.25) is 0 Å². The predicted octanol–water partition coefficient (Wildman–Crippen LogP) is 3.27. The topological polar surface area (TPSA) is 31.6 Å². The smallest absolute Gasteiger partial charge is 0.161 e. The number of hydrogen-bond donors (Lipinski definition) is 0. The largest absolute Gasteiger partial charge is 0.493 e. The molecule has 3 heteroatoms. The molecule has 0 saturated heterocycles. The molecular formula is C13H14O3. The van der Waals surface area contributed by atoms with E-state index >= 15 is 0 Å². The minimum Gasteiger partial charge on any atom is -0.493 e. The molecule has 0 radical (unpaired) electrons. The highest BCUT2D eigenvalue weighted by molar-refractivity contribution is 5.66. The van der Waals surface area contributed by atoms with Crippen LogP contribution < -0.4 is 9.47 Å². The lowest BCUT2D eigenvalue weighted by atomic mass is 10.1. The summed E-state index contributed by atoms with van der Waals surface area (Å²) in [5.74, 6) is 2.27. The highest BCUT2D eigenvalue weighted by atomic mass is 16.5. The van der Waals surface area contributed by atoms with Gasteiger partial charge in [-0.05, 0) is 36.8 Å². The summed E-state index contributed by atoms with van der Waals surface area (Å²) in [5, 5.41) is 0. The van der Waals surface area contributed by atoms with E-state index in [2.05, 4.69) is 0 Å². The molecule has 0 spiro atoms. The van der Waals surface area contributed by atoms with E-state index in [1.54, 1.807) is 20.5 Å². The standard InChI is InChI=1S/C13H14O3/c1-9-7-12(14-2)13(15-3)8-10(9)11-5-4-6-16-11/h4-8H,1-3H3. The maximum atomic E-state index is 5.38. The third-order valence-corrected chi connectivity index (χ3v) is 2.52. The maximum absolute atomic E-state index is 5.38. The van der Waals surface area contributed by atoms with Crippen molar-refractivity contribution in [1.82, 2.24) is 0 Å². The summed E-state index contributed by atoms with van der Waals surface area (Å²) in [6, 6.07) is 7.66. The van der Waals surface area contributed by atoms with Gasteiger partial charge in [-0.1, -0.05) is 0 Å². The molecule has 0 fully saturated rings. The van der Waals surface area contributed by atoms with E-state index in [1.807, 2.05) is 31.2 Å². The van der Waals surface area contributed by atoms with Gasteiger partial charge in [0, 0.05) is 5.56 Å². The van der Waals surface area contributed by atoms with Crippen LogP contribution in [0.1, 0.15) is 5.56 Å².